The maximum absolute atomic E-state index is 13.3. The molecule has 25 heavy (non-hydrogen) atoms. The molecule has 3 aliphatic rings. The number of H-pyrrole nitrogens is 1. The molecule has 2 atom stereocenters. The van der Waals surface area contributed by atoms with Crippen molar-refractivity contribution in [2.75, 3.05) is 26.2 Å². The molecule has 1 aromatic carbocycles. The molecule has 1 aromatic heterocycles. The number of carbonyl (C=O) groups is 1. The first kappa shape index (κ1) is 16.3. The summed E-state index contributed by atoms with van der Waals surface area (Å²) in [5.74, 6) is 0.0202. The molecule has 2 N–H and O–H groups in total. The molecule has 5 rings (SSSR count). The zero-order chi connectivity index (χ0) is 17.3. The lowest BCUT2D eigenvalue weighted by Gasteiger charge is -2.45. The highest BCUT2D eigenvalue weighted by Gasteiger charge is 2.47. The van der Waals surface area contributed by atoms with Crippen molar-refractivity contribution in [3.63, 3.8) is 0 Å². The zero-order valence-electron chi connectivity index (χ0n) is 14.1. The van der Waals surface area contributed by atoms with Crippen molar-refractivity contribution in [1.29, 1.82) is 0 Å². The standard InChI is InChI=1S/C19H23N3O3/c23-13-19(16-10-20-21-11-16,15-4-2-1-3-5-15)18(24)25-17-12-22-8-6-14(17)7-9-22/h1-5,10-11,14,17,23H,6-9,12-13H2,(H,20,21). The lowest BCUT2D eigenvalue weighted by atomic mass is 9.76. The summed E-state index contributed by atoms with van der Waals surface area (Å²) in [6, 6.07) is 9.31. The fourth-order valence-corrected chi connectivity index (χ4v) is 4.14. The zero-order valence-corrected chi connectivity index (χ0v) is 14.1. The Morgan fingerprint density at radius 3 is 2.60 bits per heavy atom. The molecule has 3 aliphatic heterocycles. The first-order valence-electron chi connectivity index (χ1n) is 8.83. The number of ether oxygens (including phenoxy) is 1. The fourth-order valence-electron chi connectivity index (χ4n) is 4.14. The van der Waals surface area contributed by atoms with E-state index in [2.05, 4.69) is 15.1 Å². The quantitative estimate of drug-likeness (QED) is 0.802. The average molecular weight is 341 g/mol. The molecule has 0 radical (unpaired) electrons. The van der Waals surface area contributed by atoms with Gasteiger partial charge in [0.1, 0.15) is 11.5 Å². The van der Waals surface area contributed by atoms with E-state index in [1.54, 1.807) is 12.4 Å². The molecule has 0 spiro atoms. The van der Waals surface area contributed by atoms with Gasteiger partial charge in [0, 0.05) is 18.3 Å². The van der Waals surface area contributed by atoms with Gasteiger partial charge in [0.2, 0.25) is 0 Å². The maximum Gasteiger partial charge on any atom is 0.323 e. The second-order valence-electron chi connectivity index (χ2n) is 7.00. The number of rotatable bonds is 5. The SMILES string of the molecule is O=C(OC1CN2CCC1CC2)C(CO)(c1ccccc1)c1cn[nH]c1. The second-order valence-corrected chi connectivity index (χ2v) is 7.00. The average Bonchev–Trinajstić information content (AvgIpc) is 3.20. The number of benzene rings is 1. The molecule has 132 valence electrons. The van der Waals surface area contributed by atoms with E-state index in [0.29, 0.717) is 17.0 Å². The molecular weight excluding hydrogens is 318 g/mol. The number of carbonyl (C=O) groups excluding carboxylic acids is 1. The highest BCUT2D eigenvalue weighted by Crippen LogP contribution is 2.36. The van der Waals surface area contributed by atoms with E-state index in [1.807, 2.05) is 30.3 Å². The molecule has 2 aromatic rings. The lowest BCUT2D eigenvalue weighted by molar-refractivity contribution is -0.165. The van der Waals surface area contributed by atoms with E-state index >= 15 is 0 Å². The van der Waals surface area contributed by atoms with Crippen LogP contribution in [-0.2, 0) is 14.9 Å². The van der Waals surface area contributed by atoms with Gasteiger partial charge in [0.25, 0.3) is 0 Å². The second kappa shape index (κ2) is 6.61. The van der Waals surface area contributed by atoms with E-state index in [0.717, 1.165) is 32.5 Å². The van der Waals surface area contributed by atoms with Crippen LogP contribution < -0.4 is 0 Å². The Morgan fingerprint density at radius 2 is 2.04 bits per heavy atom. The van der Waals surface area contributed by atoms with Crippen LogP contribution in [0.4, 0.5) is 0 Å². The van der Waals surface area contributed by atoms with Crippen molar-refractivity contribution in [1.82, 2.24) is 15.1 Å². The fraction of sp³-hybridized carbons (Fsp3) is 0.474. The van der Waals surface area contributed by atoms with Crippen LogP contribution in [0.1, 0.15) is 24.0 Å². The maximum atomic E-state index is 13.3. The molecule has 0 amide bonds. The smallest absolute Gasteiger partial charge is 0.323 e. The van der Waals surface area contributed by atoms with Crippen LogP contribution in [0.3, 0.4) is 0 Å². The van der Waals surface area contributed by atoms with Gasteiger partial charge in [-0.15, -0.1) is 0 Å². The third-order valence-electron chi connectivity index (χ3n) is 5.70. The van der Waals surface area contributed by atoms with Gasteiger partial charge in [-0.25, -0.2) is 0 Å². The number of aliphatic hydroxyl groups excluding tert-OH is 1. The molecular formula is C19H23N3O3. The number of hydrogen-bond acceptors (Lipinski definition) is 5. The Hall–Kier alpha value is -2.18. The van der Waals surface area contributed by atoms with Crippen LogP contribution in [0, 0.1) is 5.92 Å². The third kappa shape index (κ3) is 2.75. The van der Waals surface area contributed by atoms with Crippen molar-refractivity contribution < 1.29 is 14.6 Å². The van der Waals surface area contributed by atoms with Crippen molar-refractivity contribution in [2.45, 2.75) is 24.4 Å². The largest absolute Gasteiger partial charge is 0.460 e. The van der Waals surface area contributed by atoms with Gasteiger partial charge in [0.05, 0.1) is 12.8 Å². The van der Waals surface area contributed by atoms with Crippen molar-refractivity contribution >= 4 is 5.97 Å². The van der Waals surface area contributed by atoms with E-state index < -0.39 is 11.4 Å². The molecule has 0 aliphatic carbocycles. The van der Waals surface area contributed by atoms with Crippen LogP contribution in [0.15, 0.2) is 42.7 Å². The summed E-state index contributed by atoms with van der Waals surface area (Å²) in [5.41, 5.74) is 0.0814. The summed E-state index contributed by atoms with van der Waals surface area (Å²) < 4.78 is 5.98. The van der Waals surface area contributed by atoms with E-state index in [4.69, 9.17) is 4.74 Å². The monoisotopic (exact) mass is 341 g/mol. The molecule has 6 heteroatoms. The number of aromatic nitrogens is 2. The third-order valence-corrected chi connectivity index (χ3v) is 5.70. The molecule has 2 bridgehead atoms. The predicted molar refractivity (Wildman–Crippen MR) is 91.9 cm³/mol. The summed E-state index contributed by atoms with van der Waals surface area (Å²) in [6.07, 6.45) is 5.28. The van der Waals surface area contributed by atoms with Crippen LogP contribution in [-0.4, -0.2) is 58.5 Å². The summed E-state index contributed by atoms with van der Waals surface area (Å²) in [5, 5.41) is 17.0. The number of piperidine rings is 3. The summed E-state index contributed by atoms with van der Waals surface area (Å²) in [4.78, 5) is 15.6. The van der Waals surface area contributed by atoms with Gasteiger partial charge >= 0.3 is 5.97 Å². The van der Waals surface area contributed by atoms with Crippen LogP contribution in [0.2, 0.25) is 0 Å². The van der Waals surface area contributed by atoms with E-state index in [-0.39, 0.29) is 12.7 Å². The normalized spacial score (nSPS) is 27.6. The van der Waals surface area contributed by atoms with Crippen LogP contribution in [0.25, 0.3) is 0 Å². The Balaban J connectivity index is 1.67. The summed E-state index contributed by atoms with van der Waals surface area (Å²) in [6.45, 7) is 2.60. The van der Waals surface area contributed by atoms with Gasteiger partial charge in [-0.1, -0.05) is 30.3 Å². The first-order valence-corrected chi connectivity index (χ1v) is 8.83. The predicted octanol–water partition coefficient (Wildman–Crippen LogP) is 1.33. The molecule has 0 saturated carbocycles. The highest BCUT2D eigenvalue weighted by molar-refractivity contribution is 5.88. The molecule has 4 heterocycles. The number of aromatic amines is 1. The Bertz CT molecular complexity index is 711. The van der Waals surface area contributed by atoms with Gasteiger partial charge in [-0.2, -0.15) is 5.10 Å². The van der Waals surface area contributed by atoms with E-state index in [9.17, 15) is 9.90 Å². The minimum absolute atomic E-state index is 0.100. The number of nitrogens with one attached hydrogen (secondary N) is 1. The van der Waals surface area contributed by atoms with Crippen molar-refractivity contribution in [3.8, 4) is 0 Å². The summed E-state index contributed by atoms with van der Waals surface area (Å²) >= 11 is 0. The van der Waals surface area contributed by atoms with Gasteiger partial charge in [-0.05, 0) is 37.4 Å². The Labute approximate surface area is 146 Å². The van der Waals surface area contributed by atoms with Crippen LogP contribution in [0.5, 0.6) is 0 Å². The number of hydrogen-bond donors (Lipinski definition) is 2. The number of esters is 1. The van der Waals surface area contributed by atoms with Crippen molar-refractivity contribution in [2.24, 2.45) is 5.92 Å². The molecule has 3 saturated heterocycles. The number of fused-ring (bicyclic) bond motifs is 3. The topological polar surface area (TPSA) is 78.4 Å². The summed E-state index contributed by atoms with van der Waals surface area (Å²) in [7, 11) is 0. The van der Waals surface area contributed by atoms with E-state index in [1.165, 1.54) is 0 Å². The minimum Gasteiger partial charge on any atom is -0.460 e. The molecule has 2 unspecified atom stereocenters. The Kier molecular flexibility index (Phi) is 4.31. The minimum atomic E-state index is -1.25. The number of nitrogens with zero attached hydrogens (tertiary/aromatic N) is 2. The Morgan fingerprint density at radius 1 is 1.28 bits per heavy atom. The molecule has 6 nitrogen and oxygen atoms in total. The van der Waals surface area contributed by atoms with Gasteiger partial charge < -0.3 is 9.84 Å². The van der Waals surface area contributed by atoms with Crippen molar-refractivity contribution in [3.05, 3.63) is 53.9 Å². The lowest BCUT2D eigenvalue weighted by Crippen LogP contribution is -2.54. The number of aliphatic hydroxyl groups is 1. The van der Waals surface area contributed by atoms with Gasteiger partial charge in [0.15, 0.2) is 0 Å². The van der Waals surface area contributed by atoms with Gasteiger partial charge in [-0.3, -0.25) is 14.8 Å². The van der Waals surface area contributed by atoms with Crippen LogP contribution >= 0.6 is 0 Å². The first-order chi connectivity index (χ1) is 12.2. The molecule has 3 fully saturated rings. The highest BCUT2D eigenvalue weighted by atomic mass is 16.5.